The summed E-state index contributed by atoms with van der Waals surface area (Å²) in [5, 5.41) is 1.63. The zero-order valence-electron chi connectivity index (χ0n) is 17.8. The first kappa shape index (κ1) is 21.6. The fourth-order valence-electron chi connectivity index (χ4n) is 3.18. The van der Waals surface area contributed by atoms with Gasteiger partial charge >= 0.3 is 0 Å². The summed E-state index contributed by atoms with van der Waals surface area (Å²) < 4.78 is 16.4. The molecule has 0 bridgehead atoms. The van der Waals surface area contributed by atoms with E-state index in [0.717, 1.165) is 21.7 Å². The zero-order chi connectivity index (χ0) is 22.3. The fourth-order valence-corrected chi connectivity index (χ4v) is 4.10. The molecule has 0 aliphatic rings. The van der Waals surface area contributed by atoms with Crippen molar-refractivity contribution in [3.05, 3.63) is 84.2 Å². The topological polar surface area (TPSA) is 70.5 Å². The Hall–Kier alpha value is -3.58. The van der Waals surface area contributed by atoms with Crippen LogP contribution in [-0.2, 0) is 6.61 Å². The second kappa shape index (κ2) is 10.2. The molecule has 0 saturated heterocycles. The van der Waals surface area contributed by atoms with Crippen molar-refractivity contribution in [1.82, 2.24) is 9.97 Å². The summed E-state index contributed by atoms with van der Waals surface area (Å²) in [6.07, 6.45) is 0. The molecular formula is C25H22N2O4S. The maximum atomic E-state index is 13.0. The molecule has 0 atom stereocenters. The number of carbonyl (C=O) groups is 1. The van der Waals surface area contributed by atoms with Gasteiger partial charge in [-0.2, -0.15) is 0 Å². The van der Waals surface area contributed by atoms with E-state index in [9.17, 15) is 4.79 Å². The van der Waals surface area contributed by atoms with Crippen molar-refractivity contribution in [3.63, 3.8) is 0 Å². The van der Waals surface area contributed by atoms with Crippen LogP contribution in [0.25, 0.3) is 10.9 Å². The molecule has 0 aliphatic carbocycles. The summed E-state index contributed by atoms with van der Waals surface area (Å²) in [5.74, 6) is 2.55. The first-order valence-electron chi connectivity index (χ1n) is 9.99. The lowest BCUT2D eigenvalue weighted by molar-refractivity contribution is 0.101. The Labute approximate surface area is 190 Å². The largest absolute Gasteiger partial charge is 0.497 e. The standard InChI is InChI=1S/C25H22N2O4S/c1-29-18-12-13-23(30-2)20(14-18)22(28)16-32-25-19-10-6-7-11-21(19)26-24(27-25)15-31-17-8-4-3-5-9-17/h3-14H,15-16H2,1-2H3. The van der Waals surface area contributed by atoms with Crippen LogP contribution in [0.3, 0.4) is 0 Å². The van der Waals surface area contributed by atoms with Crippen molar-refractivity contribution in [2.75, 3.05) is 20.0 Å². The number of hydrogen-bond acceptors (Lipinski definition) is 7. The number of rotatable bonds is 9. The molecule has 0 radical (unpaired) electrons. The second-order valence-electron chi connectivity index (χ2n) is 6.84. The van der Waals surface area contributed by atoms with Crippen molar-refractivity contribution < 1.29 is 19.0 Å². The maximum absolute atomic E-state index is 13.0. The summed E-state index contributed by atoms with van der Waals surface area (Å²) in [6, 6.07) is 22.5. The van der Waals surface area contributed by atoms with Crippen LogP contribution in [0.15, 0.2) is 77.8 Å². The smallest absolute Gasteiger partial charge is 0.176 e. The Morgan fingerprint density at radius 2 is 1.66 bits per heavy atom. The first-order chi connectivity index (χ1) is 15.7. The molecule has 0 fully saturated rings. The molecule has 6 nitrogen and oxygen atoms in total. The number of methoxy groups -OCH3 is 2. The van der Waals surface area contributed by atoms with E-state index in [-0.39, 0.29) is 18.1 Å². The fraction of sp³-hybridized carbons (Fsp3) is 0.160. The first-order valence-corrected chi connectivity index (χ1v) is 11.0. The summed E-state index contributed by atoms with van der Waals surface area (Å²) in [4.78, 5) is 22.3. The van der Waals surface area contributed by atoms with Gasteiger partial charge in [-0.3, -0.25) is 4.79 Å². The Kier molecular flexibility index (Phi) is 6.87. The van der Waals surface area contributed by atoms with Crippen LogP contribution in [0.4, 0.5) is 0 Å². The molecule has 0 unspecified atom stereocenters. The summed E-state index contributed by atoms with van der Waals surface area (Å²) in [6.45, 7) is 0.236. The second-order valence-corrected chi connectivity index (χ2v) is 7.81. The molecule has 7 heteroatoms. The lowest BCUT2D eigenvalue weighted by Crippen LogP contribution is -2.07. The predicted octanol–water partition coefficient (Wildman–Crippen LogP) is 5.20. The lowest BCUT2D eigenvalue weighted by atomic mass is 10.1. The minimum Gasteiger partial charge on any atom is -0.497 e. The van der Waals surface area contributed by atoms with Crippen molar-refractivity contribution in [2.45, 2.75) is 11.6 Å². The van der Waals surface area contributed by atoms with Gasteiger partial charge in [0.25, 0.3) is 0 Å². The SMILES string of the molecule is COc1ccc(OC)c(C(=O)CSc2nc(COc3ccccc3)nc3ccccc23)c1. The number of benzene rings is 3. The average molecular weight is 447 g/mol. The van der Waals surface area contributed by atoms with Gasteiger partial charge in [0, 0.05) is 5.39 Å². The minimum atomic E-state index is -0.0736. The van der Waals surface area contributed by atoms with E-state index in [0.29, 0.717) is 22.9 Å². The van der Waals surface area contributed by atoms with Crippen LogP contribution in [-0.4, -0.2) is 35.7 Å². The molecule has 0 N–H and O–H groups in total. The van der Waals surface area contributed by atoms with Gasteiger partial charge in [0.2, 0.25) is 0 Å². The van der Waals surface area contributed by atoms with Gasteiger partial charge in [-0.25, -0.2) is 9.97 Å². The van der Waals surface area contributed by atoms with Crippen molar-refractivity contribution in [2.24, 2.45) is 0 Å². The molecule has 0 spiro atoms. The molecule has 4 aromatic rings. The third-order valence-corrected chi connectivity index (χ3v) is 5.76. The van der Waals surface area contributed by atoms with E-state index >= 15 is 0 Å². The Morgan fingerprint density at radius 1 is 0.875 bits per heavy atom. The van der Waals surface area contributed by atoms with E-state index < -0.39 is 0 Å². The molecule has 4 rings (SSSR count). The van der Waals surface area contributed by atoms with Gasteiger partial charge in [0.1, 0.15) is 28.9 Å². The van der Waals surface area contributed by atoms with E-state index in [1.54, 1.807) is 32.4 Å². The lowest BCUT2D eigenvalue weighted by Gasteiger charge is -2.11. The number of Topliss-reactive ketones (excluding diaryl/α,β-unsaturated/α-hetero) is 1. The predicted molar refractivity (Wildman–Crippen MR) is 125 cm³/mol. The molecule has 32 heavy (non-hydrogen) atoms. The highest BCUT2D eigenvalue weighted by atomic mass is 32.2. The highest BCUT2D eigenvalue weighted by molar-refractivity contribution is 8.00. The third kappa shape index (κ3) is 5.00. The van der Waals surface area contributed by atoms with Crippen molar-refractivity contribution >= 4 is 28.4 Å². The molecule has 1 aromatic heterocycles. The highest BCUT2D eigenvalue weighted by Gasteiger charge is 2.16. The molecule has 162 valence electrons. The molecule has 1 heterocycles. The third-order valence-electron chi connectivity index (χ3n) is 4.77. The average Bonchev–Trinajstić information content (AvgIpc) is 2.86. The zero-order valence-corrected chi connectivity index (χ0v) is 18.6. The number of thioether (sulfide) groups is 1. The normalized spacial score (nSPS) is 10.7. The van der Waals surface area contributed by atoms with Gasteiger partial charge in [0.05, 0.1) is 31.1 Å². The van der Waals surface area contributed by atoms with Gasteiger partial charge in [-0.15, -0.1) is 0 Å². The molecular weight excluding hydrogens is 424 g/mol. The Balaban J connectivity index is 1.56. The highest BCUT2D eigenvalue weighted by Crippen LogP contribution is 2.29. The van der Waals surface area contributed by atoms with Gasteiger partial charge in [-0.05, 0) is 36.4 Å². The summed E-state index contributed by atoms with van der Waals surface area (Å²) in [7, 11) is 3.11. The number of nitrogens with zero attached hydrogens (tertiary/aromatic N) is 2. The van der Waals surface area contributed by atoms with Crippen LogP contribution in [0.2, 0.25) is 0 Å². The Morgan fingerprint density at radius 3 is 2.44 bits per heavy atom. The number of fused-ring (bicyclic) bond motifs is 1. The van der Waals surface area contributed by atoms with Crippen molar-refractivity contribution in [3.8, 4) is 17.2 Å². The van der Waals surface area contributed by atoms with Gasteiger partial charge in [-0.1, -0.05) is 48.2 Å². The number of para-hydroxylation sites is 2. The Bertz CT molecular complexity index is 1230. The molecule has 3 aromatic carbocycles. The number of hydrogen-bond donors (Lipinski definition) is 0. The van der Waals surface area contributed by atoms with Crippen LogP contribution < -0.4 is 14.2 Å². The maximum Gasteiger partial charge on any atom is 0.176 e. The minimum absolute atomic E-state index is 0.0736. The van der Waals surface area contributed by atoms with Crippen molar-refractivity contribution in [1.29, 1.82) is 0 Å². The molecule has 0 amide bonds. The van der Waals surface area contributed by atoms with Gasteiger partial charge in [0.15, 0.2) is 11.6 Å². The number of aromatic nitrogens is 2. The molecule has 0 saturated carbocycles. The van der Waals surface area contributed by atoms with E-state index in [4.69, 9.17) is 14.2 Å². The number of ether oxygens (including phenoxy) is 3. The van der Waals surface area contributed by atoms with E-state index in [2.05, 4.69) is 9.97 Å². The van der Waals surface area contributed by atoms with E-state index in [1.807, 2.05) is 54.6 Å². The summed E-state index contributed by atoms with van der Waals surface area (Å²) in [5.41, 5.74) is 1.29. The van der Waals surface area contributed by atoms with Crippen LogP contribution in [0.1, 0.15) is 16.2 Å². The quantitative estimate of drug-likeness (QED) is 0.199. The monoisotopic (exact) mass is 446 g/mol. The van der Waals surface area contributed by atoms with Crippen LogP contribution >= 0.6 is 11.8 Å². The van der Waals surface area contributed by atoms with Crippen LogP contribution in [0.5, 0.6) is 17.2 Å². The van der Waals surface area contributed by atoms with E-state index in [1.165, 1.54) is 11.8 Å². The number of ketones is 1. The van der Waals surface area contributed by atoms with Gasteiger partial charge < -0.3 is 14.2 Å². The molecule has 0 aliphatic heterocycles. The summed E-state index contributed by atoms with van der Waals surface area (Å²) >= 11 is 1.37. The van der Waals surface area contributed by atoms with Crippen LogP contribution in [0, 0.1) is 0 Å². The number of carbonyl (C=O) groups excluding carboxylic acids is 1.